The number of carbonyl (C=O) groups is 1. The number of unbranched alkanes of at least 4 members (excludes halogenated alkanes) is 6. The first-order valence-electron chi connectivity index (χ1n) is 17.5. The van der Waals surface area contributed by atoms with Crippen LogP contribution in [-0.2, 0) is 4.79 Å². The molecule has 0 heterocycles. The summed E-state index contributed by atoms with van der Waals surface area (Å²) in [6, 6.07) is 5.45. The van der Waals surface area contributed by atoms with Gasteiger partial charge in [-0.15, -0.1) is 0 Å². The summed E-state index contributed by atoms with van der Waals surface area (Å²) in [4.78, 5) is 11.5. The molecule has 4 aliphatic rings. The second-order valence-electron chi connectivity index (χ2n) is 15.3. The second kappa shape index (κ2) is 13.5. The van der Waals surface area contributed by atoms with Gasteiger partial charge in [0.15, 0.2) is 0 Å². The lowest BCUT2D eigenvalue weighted by atomic mass is 9.50. The van der Waals surface area contributed by atoms with Gasteiger partial charge in [-0.25, -0.2) is 0 Å². The number of aliphatic carboxylic acids is 1. The quantitative estimate of drug-likeness (QED) is 0.111. The van der Waals surface area contributed by atoms with Crippen LogP contribution in [0.3, 0.4) is 0 Å². The molecule has 260 valence electrons. The van der Waals surface area contributed by atoms with Crippen molar-refractivity contribution in [2.45, 2.75) is 146 Å². The zero-order valence-electron chi connectivity index (χ0n) is 26.9. The SMILES string of the molecule is C[C@]12CCC3c4ccc(O)cc4[C@@H](O)[C@@H](CCCCCCCCCC(CCCC(F)(F)C(F)(F)F)C(=O)O)C3C1C[C@@H](O)C21CC1. The van der Waals surface area contributed by atoms with Crippen molar-refractivity contribution >= 4 is 5.97 Å². The van der Waals surface area contributed by atoms with Crippen molar-refractivity contribution in [2.75, 3.05) is 0 Å². The Kier molecular flexibility index (Phi) is 10.4. The van der Waals surface area contributed by atoms with Crippen molar-refractivity contribution in [3.05, 3.63) is 29.3 Å². The molecular formula is C36H51F5O5. The maximum atomic E-state index is 13.1. The third kappa shape index (κ3) is 6.68. The Bertz CT molecular complexity index is 1220. The highest BCUT2D eigenvalue weighted by Crippen LogP contribution is 2.76. The number of phenols is 1. The van der Waals surface area contributed by atoms with Crippen LogP contribution in [0.5, 0.6) is 5.75 Å². The number of aliphatic hydroxyl groups is 2. The van der Waals surface area contributed by atoms with Crippen LogP contribution in [0, 0.1) is 34.5 Å². The summed E-state index contributed by atoms with van der Waals surface area (Å²) >= 11 is 0. The molecule has 1 aromatic carbocycles. The van der Waals surface area contributed by atoms with Gasteiger partial charge in [0.2, 0.25) is 0 Å². The van der Waals surface area contributed by atoms with Gasteiger partial charge in [0.1, 0.15) is 5.75 Å². The van der Waals surface area contributed by atoms with Gasteiger partial charge in [0.25, 0.3) is 0 Å². The van der Waals surface area contributed by atoms with E-state index in [-0.39, 0.29) is 41.4 Å². The minimum atomic E-state index is -5.62. The second-order valence-corrected chi connectivity index (χ2v) is 15.3. The third-order valence-electron chi connectivity index (χ3n) is 12.8. The van der Waals surface area contributed by atoms with Crippen LogP contribution in [0.25, 0.3) is 0 Å². The zero-order chi connectivity index (χ0) is 33.5. The first-order valence-corrected chi connectivity index (χ1v) is 17.5. The Morgan fingerprint density at radius 1 is 0.913 bits per heavy atom. The van der Waals surface area contributed by atoms with Crippen molar-refractivity contribution in [1.82, 2.24) is 0 Å². The van der Waals surface area contributed by atoms with Gasteiger partial charge in [-0.05, 0) is 110 Å². The van der Waals surface area contributed by atoms with Crippen LogP contribution >= 0.6 is 0 Å². The number of fused-ring (bicyclic) bond motifs is 6. The topological polar surface area (TPSA) is 98.0 Å². The van der Waals surface area contributed by atoms with Crippen LogP contribution in [0.4, 0.5) is 22.0 Å². The third-order valence-corrected chi connectivity index (χ3v) is 12.8. The summed E-state index contributed by atoms with van der Waals surface area (Å²) in [6.45, 7) is 2.39. The molecule has 0 aromatic heterocycles. The van der Waals surface area contributed by atoms with E-state index in [4.69, 9.17) is 0 Å². The molecular weight excluding hydrogens is 607 g/mol. The van der Waals surface area contributed by atoms with E-state index in [1.807, 2.05) is 6.07 Å². The molecule has 0 radical (unpaired) electrons. The number of benzene rings is 1. The van der Waals surface area contributed by atoms with Gasteiger partial charge in [-0.3, -0.25) is 4.79 Å². The van der Waals surface area contributed by atoms with E-state index in [0.29, 0.717) is 24.2 Å². The van der Waals surface area contributed by atoms with Crippen molar-refractivity contribution in [3.63, 3.8) is 0 Å². The van der Waals surface area contributed by atoms with E-state index in [9.17, 15) is 47.2 Å². The van der Waals surface area contributed by atoms with Gasteiger partial charge in [-0.1, -0.05) is 57.9 Å². The van der Waals surface area contributed by atoms with E-state index in [2.05, 4.69) is 6.92 Å². The predicted octanol–water partition coefficient (Wildman–Crippen LogP) is 9.30. The van der Waals surface area contributed by atoms with E-state index in [0.717, 1.165) is 88.2 Å². The normalized spacial score (nSPS) is 32.1. The molecule has 5 rings (SSSR count). The molecule has 4 unspecified atom stereocenters. The first kappa shape index (κ1) is 35.4. The Balaban J connectivity index is 1.08. The Morgan fingerprint density at radius 3 is 2.17 bits per heavy atom. The molecule has 4 N–H and O–H groups in total. The number of halogens is 5. The molecule has 10 heteroatoms. The highest BCUT2D eigenvalue weighted by atomic mass is 19.4. The Labute approximate surface area is 269 Å². The van der Waals surface area contributed by atoms with E-state index < -0.39 is 42.9 Å². The lowest BCUT2D eigenvalue weighted by molar-refractivity contribution is -0.284. The molecule has 0 bridgehead atoms. The molecule has 1 spiro atoms. The Morgan fingerprint density at radius 2 is 1.54 bits per heavy atom. The minimum absolute atomic E-state index is 0.0413. The van der Waals surface area contributed by atoms with Crippen molar-refractivity contribution in [3.8, 4) is 5.75 Å². The lowest BCUT2D eigenvalue weighted by Crippen LogP contribution is -2.47. The summed E-state index contributed by atoms with van der Waals surface area (Å²) in [6.07, 6.45) is 3.79. The summed E-state index contributed by atoms with van der Waals surface area (Å²) in [5, 5.41) is 42.5. The summed E-state index contributed by atoms with van der Waals surface area (Å²) < 4.78 is 63.4. The zero-order valence-corrected chi connectivity index (χ0v) is 26.9. The summed E-state index contributed by atoms with van der Waals surface area (Å²) in [5.41, 5.74) is 2.14. The number of carboxylic acid groups (broad SMARTS) is 1. The fourth-order valence-corrected chi connectivity index (χ4v) is 10.1. The largest absolute Gasteiger partial charge is 0.508 e. The predicted molar refractivity (Wildman–Crippen MR) is 163 cm³/mol. The average Bonchev–Trinajstić information content (AvgIpc) is 3.77. The average molecular weight is 659 g/mol. The van der Waals surface area contributed by atoms with Gasteiger partial charge >= 0.3 is 18.1 Å². The number of aliphatic hydroxyl groups excluding tert-OH is 2. The lowest BCUT2D eigenvalue weighted by Gasteiger charge is -2.55. The molecule has 46 heavy (non-hydrogen) atoms. The van der Waals surface area contributed by atoms with Gasteiger partial charge in [0, 0.05) is 11.8 Å². The number of carboxylic acids is 1. The molecule has 0 amide bonds. The van der Waals surface area contributed by atoms with E-state index in [1.165, 1.54) is 0 Å². The van der Waals surface area contributed by atoms with Crippen LogP contribution in [-0.4, -0.2) is 44.6 Å². The maximum Gasteiger partial charge on any atom is 0.453 e. The van der Waals surface area contributed by atoms with Gasteiger partial charge in [-0.2, -0.15) is 22.0 Å². The van der Waals surface area contributed by atoms with Crippen LogP contribution in [0.1, 0.15) is 139 Å². The summed E-state index contributed by atoms with van der Waals surface area (Å²) in [7, 11) is 0. The molecule has 3 saturated carbocycles. The van der Waals surface area contributed by atoms with E-state index in [1.54, 1.807) is 12.1 Å². The monoisotopic (exact) mass is 658 g/mol. The number of aromatic hydroxyl groups is 1. The summed E-state index contributed by atoms with van der Waals surface area (Å²) in [5.74, 6) is -5.66. The van der Waals surface area contributed by atoms with Crippen molar-refractivity contribution < 1.29 is 47.2 Å². The standard InChI is InChI=1S/C36H51F5O5/c1-33-17-15-25-24-14-13-23(42)20-27(24)31(44)26(30(25)28(33)21-29(43)34(33)18-19-34)12-8-6-4-2-3-5-7-10-22(32(45)46)11-9-16-35(37,38)36(39,40)41/h13-14,20,22,25-26,28-31,42-44H,2-12,15-19,21H2,1H3,(H,45,46)/t22?,25?,26-,28?,29+,30?,31-,33-/m0/s1. The van der Waals surface area contributed by atoms with Crippen LogP contribution in [0.2, 0.25) is 0 Å². The minimum Gasteiger partial charge on any atom is -0.508 e. The fraction of sp³-hybridized carbons (Fsp3) is 0.806. The van der Waals surface area contributed by atoms with Crippen LogP contribution in [0.15, 0.2) is 18.2 Å². The number of hydrogen-bond acceptors (Lipinski definition) is 4. The van der Waals surface area contributed by atoms with Crippen molar-refractivity contribution in [2.24, 2.45) is 34.5 Å². The number of hydrogen-bond donors (Lipinski definition) is 4. The first-order chi connectivity index (χ1) is 21.6. The number of alkyl halides is 5. The van der Waals surface area contributed by atoms with Crippen LogP contribution < -0.4 is 0 Å². The molecule has 4 aliphatic carbocycles. The molecule has 5 nitrogen and oxygen atoms in total. The van der Waals surface area contributed by atoms with Gasteiger partial charge in [0.05, 0.1) is 18.1 Å². The number of phenolic OH excluding ortho intramolecular Hbond substituents is 1. The van der Waals surface area contributed by atoms with Gasteiger partial charge < -0.3 is 20.4 Å². The molecule has 0 saturated heterocycles. The molecule has 1 aromatic rings. The van der Waals surface area contributed by atoms with E-state index >= 15 is 0 Å². The fourth-order valence-electron chi connectivity index (χ4n) is 10.1. The maximum absolute atomic E-state index is 13.1. The van der Waals surface area contributed by atoms with Crippen molar-refractivity contribution in [1.29, 1.82) is 0 Å². The Hall–Kier alpha value is -1.94. The number of rotatable bonds is 15. The highest BCUT2D eigenvalue weighted by molar-refractivity contribution is 5.69. The smallest absolute Gasteiger partial charge is 0.453 e. The highest BCUT2D eigenvalue weighted by Gasteiger charge is 2.71. The molecule has 0 aliphatic heterocycles. The molecule has 3 fully saturated rings. The molecule has 8 atom stereocenters.